The van der Waals surface area contributed by atoms with Gasteiger partial charge in [-0.05, 0) is 64.1 Å². The highest BCUT2D eigenvalue weighted by Crippen LogP contribution is 2.35. The topological polar surface area (TPSA) is 73.6 Å². The molecule has 0 radical (unpaired) electrons. The molecule has 0 unspecified atom stereocenters. The SMILES string of the molecule is COc1cc(/C=C/C(=O)NN)cc(I)c1OCc1ccc(Cl)c(Cl)c1. The van der Waals surface area contributed by atoms with E-state index in [1.54, 1.807) is 31.4 Å². The second-order valence-electron chi connectivity index (χ2n) is 4.91. The van der Waals surface area contributed by atoms with Gasteiger partial charge in [-0.2, -0.15) is 0 Å². The Morgan fingerprint density at radius 3 is 2.68 bits per heavy atom. The van der Waals surface area contributed by atoms with Crippen LogP contribution in [0.3, 0.4) is 0 Å². The van der Waals surface area contributed by atoms with Gasteiger partial charge in [-0.25, -0.2) is 5.84 Å². The molecule has 132 valence electrons. The molecule has 0 bridgehead atoms. The molecule has 0 heterocycles. The van der Waals surface area contributed by atoms with Crippen molar-refractivity contribution in [3.63, 3.8) is 0 Å². The van der Waals surface area contributed by atoms with Gasteiger partial charge in [0.05, 0.1) is 20.7 Å². The number of carbonyl (C=O) groups excluding carboxylic acids is 1. The Balaban J connectivity index is 2.21. The van der Waals surface area contributed by atoms with Crippen LogP contribution in [0.25, 0.3) is 6.08 Å². The number of hydrogen-bond acceptors (Lipinski definition) is 4. The summed E-state index contributed by atoms with van der Waals surface area (Å²) < 4.78 is 12.1. The highest BCUT2D eigenvalue weighted by atomic mass is 127. The van der Waals surface area contributed by atoms with Crippen LogP contribution in [0.4, 0.5) is 0 Å². The minimum Gasteiger partial charge on any atom is -0.493 e. The quantitative estimate of drug-likeness (QED) is 0.208. The molecule has 0 saturated heterocycles. The van der Waals surface area contributed by atoms with Crippen molar-refractivity contribution in [2.45, 2.75) is 6.61 Å². The molecule has 0 spiro atoms. The number of rotatable bonds is 6. The number of ether oxygens (including phenoxy) is 2. The molecule has 25 heavy (non-hydrogen) atoms. The van der Waals surface area contributed by atoms with E-state index in [1.807, 2.05) is 17.6 Å². The predicted octanol–water partition coefficient (Wildman–Crippen LogP) is 4.19. The lowest BCUT2D eigenvalue weighted by atomic mass is 10.2. The molecule has 8 heteroatoms. The van der Waals surface area contributed by atoms with Gasteiger partial charge < -0.3 is 9.47 Å². The molecule has 2 aromatic rings. The predicted molar refractivity (Wildman–Crippen MR) is 108 cm³/mol. The van der Waals surface area contributed by atoms with Crippen molar-refractivity contribution in [2.24, 2.45) is 5.84 Å². The minimum absolute atomic E-state index is 0.314. The molecule has 3 N–H and O–H groups in total. The maximum Gasteiger partial charge on any atom is 0.257 e. The highest BCUT2D eigenvalue weighted by Gasteiger charge is 2.12. The number of nitrogens with one attached hydrogen (secondary N) is 1. The fraction of sp³-hybridized carbons (Fsp3) is 0.118. The smallest absolute Gasteiger partial charge is 0.257 e. The summed E-state index contributed by atoms with van der Waals surface area (Å²) in [5.41, 5.74) is 3.70. The molecule has 0 aromatic heterocycles. The summed E-state index contributed by atoms with van der Waals surface area (Å²) in [6.07, 6.45) is 2.97. The van der Waals surface area contributed by atoms with Crippen LogP contribution in [0.15, 0.2) is 36.4 Å². The van der Waals surface area contributed by atoms with Crippen LogP contribution in [0.1, 0.15) is 11.1 Å². The summed E-state index contributed by atoms with van der Waals surface area (Å²) in [5, 5.41) is 0.971. The summed E-state index contributed by atoms with van der Waals surface area (Å²) >= 11 is 14.1. The fourth-order valence-corrected chi connectivity index (χ4v) is 3.08. The lowest BCUT2D eigenvalue weighted by Gasteiger charge is -2.14. The van der Waals surface area contributed by atoms with Crippen molar-refractivity contribution < 1.29 is 14.3 Å². The second-order valence-corrected chi connectivity index (χ2v) is 6.89. The maximum absolute atomic E-state index is 11.2. The molecule has 0 aliphatic carbocycles. The molecule has 0 fully saturated rings. The van der Waals surface area contributed by atoms with Gasteiger partial charge >= 0.3 is 0 Å². The third kappa shape index (κ3) is 5.50. The number of amides is 1. The molecular weight excluding hydrogens is 478 g/mol. The van der Waals surface area contributed by atoms with Gasteiger partial charge in [0.2, 0.25) is 0 Å². The average Bonchev–Trinajstić information content (AvgIpc) is 2.61. The number of methoxy groups -OCH3 is 1. The molecule has 0 aliphatic rings. The first-order valence-corrected chi connectivity index (χ1v) is 8.91. The molecule has 2 rings (SSSR count). The highest BCUT2D eigenvalue weighted by molar-refractivity contribution is 14.1. The summed E-state index contributed by atoms with van der Waals surface area (Å²) in [7, 11) is 1.55. The Morgan fingerprint density at radius 1 is 1.28 bits per heavy atom. The molecule has 0 saturated carbocycles. The first kappa shape index (κ1) is 19.8. The van der Waals surface area contributed by atoms with Crippen LogP contribution in [0.5, 0.6) is 11.5 Å². The normalized spacial score (nSPS) is 10.8. The van der Waals surface area contributed by atoms with Crippen LogP contribution >= 0.6 is 45.8 Å². The lowest BCUT2D eigenvalue weighted by molar-refractivity contribution is -0.116. The van der Waals surface area contributed by atoms with Crippen LogP contribution in [0.2, 0.25) is 10.0 Å². The third-order valence-electron chi connectivity index (χ3n) is 3.19. The largest absolute Gasteiger partial charge is 0.493 e. The van der Waals surface area contributed by atoms with E-state index < -0.39 is 5.91 Å². The van der Waals surface area contributed by atoms with E-state index in [2.05, 4.69) is 22.6 Å². The monoisotopic (exact) mass is 492 g/mol. The van der Waals surface area contributed by atoms with E-state index in [4.69, 9.17) is 38.5 Å². The van der Waals surface area contributed by atoms with E-state index in [1.165, 1.54) is 6.08 Å². The van der Waals surface area contributed by atoms with E-state index in [0.29, 0.717) is 28.2 Å². The van der Waals surface area contributed by atoms with Crippen molar-refractivity contribution in [1.82, 2.24) is 5.43 Å². The van der Waals surface area contributed by atoms with Crippen LogP contribution in [-0.4, -0.2) is 13.0 Å². The Hall–Kier alpha value is -1.48. The van der Waals surface area contributed by atoms with Crippen LogP contribution in [-0.2, 0) is 11.4 Å². The molecule has 5 nitrogen and oxygen atoms in total. The zero-order valence-electron chi connectivity index (χ0n) is 13.2. The van der Waals surface area contributed by atoms with E-state index in [9.17, 15) is 4.79 Å². The molecule has 2 aromatic carbocycles. The molecule has 1 amide bonds. The van der Waals surface area contributed by atoms with Crippen molar-refractivity contribution >= 4 is 57.8 Å². The maximum atomic E-state index is 11.2. The number of carbonyl (C=O) groups is 1. The number of halogens is 3. The Labute approximate surface area is 169 Å². The Kier molecular flexibility index (Phi) is 7.37. The van der Waals surface area contributed by atoms with Crippen molar-refractivity contribution in [3.8, 4) is 11.5 Å². The summed E-state index contributed by atoms with van der Waals surface area (Å²) in [6, 6.07) is 8.96. The standard InChI is InChI=1S/C17H15Cl2IN2O3/c1-24-15-8-10(3-5-16(23)22-21)7-14(20)17(15)25-9-11-2-4-12(18)13(19)6-11/h2-8H,9,21H2,1H3,(H,22,23)/b5-3+. The first-order chi connectivity index (χ1) is 11.9. The van der Waals surface area contributed by atoms with E-state index >= 15 is 0 Å². The van der Waals surface area contributed by atoms with Gasteiger partial charge in [0.15, 0.2) is 11.5 Å². The Morgan fingerprint density at radius 2 is 2.04 bits per heavy atom. The number of nitrogens with two attached hydrogens (primary N) is 1. The number of hydrogen-bond donors (Lipinski definition) is 2. The van der Waals surface area contributed by atoms with E-state index in [-0.39, 0.29) is 0 Å². The number of benzene rings is 2. The fourth-order valence-electron chi connectivity index (χ4n) is 1.98. The van der Waals surface area contributed by atoms with Crippen molar-refractivity contribution in [1.29, 1.82) is 0 Å². The van der Waals surface area contributed by atoms with Gasteiger partial charge in [-0.3, -0.25) is 10.2 Å². The molecular formula is C17H15Cl2IN2O3. The van der Waals surface area contributed by atoms with Gasteiger partial charge in [0.25, 0.3) is 5.91 Å². The molecule has 0 aliphatic heterocycles. The lowest BCUT2D eigenvalue weighted by Crippen LogP contribution is -2.27. The van der Waals surface area contributed by atoms with Gasteiger partial charge in [-0.15, -0.1) is 0 Å². The van der Waals surface area contributed by atoms with Crippen molar-refractivity contribution in [3.05, 3.63) is 61.2 Å². The number of hydrazine groups is 1. The first-order valence-electron chi connectivity index (χ1n) is 7.07. The van der Waals surface area contributed by atoms with Gasteiger partial charge in [0, 0.05) is 6.08 Å². The minimum atomic E-state index is -0.395. The summed E-state index contributed by atoms with van der Waals surface area (Å²) in [4.78, 5) is 11.2. The van der Waals surface area contributed by atoms with Crippen molar-refractivity contribution in [2.75, 3.05) is 7.11 Å². The third-order valence-corrected chi connectivity index (χ3v) is 4.73. The summed E-state index contributed by atoms with van der Waals surface area (Å²) in [6.45, 7) is 0.314. The second kappa shape index (κ2) is 9.28. The Bertz CT molecular complexity index is 813. The van der Waals surface area contributed by atoms with Gasteiger partial charge in [-0.1, -0.05) is 29.3 Å². The zero-order chi connectivity index (χ0) is 18.4. The van der Waals surface area contributed by atoms with Crippen LogP contribution in [0, 0.1) is 3.57 Å². The van der Waals surface area contributed by atoms with E-state index in [0.717, 1.165) is 14.7 Å². The summed E-state index contributed by atoms with van der Waals surface area (Å²) in [5.74, 6) is 5.81. The molecule has 0 atom stereocenters. The zero-order valence-corrected chi connectivity index (χ0v) is 16.9. The average molecular weight is 493 g/mol. The van der Waals surface area contributed by atoms with Gasteiger partial charge in [0.1, 0.15) is 6.61 Å². The van der Waals surface area contributed by atoms with Crippen LogP contribution < -0.4 is 20.7 Å².